The van der Waals surface area contributed by atoms with Crippen molar-refractivity contribution in [2.24, 2.45) is 10.7 Å². The topological polar surface area (TPSA) is 50.4 Å². The van der Waals surface area contributed by atoms with E-state index in [1.54, 1.807) is 12.1 Å². The maximum atomic E-state index is 12.8. The van der Waals surface area contributed by atoms with Gasteiger partial charge in [-0.15, -0.1) is 0 Å². The molecule has 1 aromatic rings. The molecule has 90 valence electrons. The van der Waals surface area contributed by atoms with E-state index in [0.717, 1.165) is 30.7 Å². The van der Waals surface area contributed by atoms with Crippen LogP contribution in [0.4, 0.5) is 4.39 Å². The number of nitrogens with two attached hydrogens (primary N) is 1. The molecule has 1 fully saturated rings. The molecule has 3 atom stereocenters. The molecule has 1 heterocycles. The molecule has 0 saturated heterocycles. The van der Waals surface area contributed by atoms with Gasteiger partial charge in [0.05, 0.1) is 12.1 Å². The van der Waals surface area contributed by atoms with E-state index >= 15 is 0 Å². The van der Waals surface area contributed by atoms with Crippen LogP contribution in [0.15, 0.2) is 29.3 Å². The lowest BCUT2D eigenvalue weighted by atomic mass is 9.88. The van der Waals surface area contributed by atoms with Crippen molar-refractivity contribution in [3.63, 3.8) is 0 Å². The lowest BCUT2D eigenvalue weighted by Gasteiger charge is -2.28. The van der Waals surface area contributed by atoms with Crippen LogP contribution in [0.5, 0.6) is 0 Å². The summed E-state index contributed by atoms with van der Waals surface area (Å²) in [4.78, 5) is 4.67. The Hall–Kier alpha value is -1.42. The number of nitrogens with one attached hydrogen (secondary N) is 1. The van der Waals surface area contributed by atoms with Crippen LogP contribution >= 0.6 is 0 Å². The highest BCUT2D eigenvalue weighted by Crippen LogP contribution is 2.25. The monoisotopic (exact) mass is 233 g/mol. The largest absolute Gasteiger partial charge is 0.365 e. The summed E-state index contributed by atoms with van der Waals surface area (Å²) in [6.07, 6.45) is 3.06. The lowest BCUT2D eigenvalue weighted by molar-refractivity contribution is 0.347. The smallest absolute Gasteiger partial charge is 0.128 e. The molecule has 1 aliphatic carbocycles. The van der Waals surface area contributed by atoms with E-state index in [1.165, 1.54) is 12.1 Å². The highest BCUT2D eigenvalue weighted by atomic mass is 19.1. The van der Waals surface area contributed by atoms with Crippen LogP contribution in [0, 0.1) is 5.82 Å². The molecule has 0 bridgehead atoms. The van der Waals surface area contributed by atoms with Crippen LogP contribution in [-0.4, -0.2) is 24.0 Å². The van der Waals surface area contributed by atoms with Crippen LogP contribution < -0.4 is 11.1 Å². The van der Waals surface area contributed by atoms with E-state index in [-0.39, 0.29) is 11.9 Å². The van der Waals surface area contributed by atoms with Gasteiger partial charge in [-0.1, -0.05) is 0 Å². The van der Waals surface area contributed by atoms with Crippen molar-refractivity contribution < 1.29 is 4.39 Å². The first-order valence-electron chi connectivity index (χ1n) is 6.08. The Balaban J connectivity index is 1.80. The molecular formula is C13H16FN3. The average molecular weight is 233 g/mol. The second kappa shape index (κ2) is 4.11. The zero-order valence-corrected chi connectivity index (χ0v) is 9.57. The minimum Gasteiger partial charge on any atom is -0.365 e. The van der Waals surface area contributed by atoms with Gasteiger partial charge in [0.1, 0.15) is 11.7 Å². The molecule has 1 aromatic carbocycles. The summed E-state index contributed by atoms with van der Waals surface area (Å²) in [6, 6.07) is 7.44. The van der Waals surface area contributed by atoms with E-state index in [4.69, 9.17) is 5.73 Å². The van der Waals surface area contributed by atoms with Gasteiger partial charge in [0, 0.05) is 11.6 Å². The second-order valence-corrected chi connectivity index (χ2v) is 4.88. The van der Waals surface area contributed by atoms with Crippen molar-refractivity contribution >= 4 is 5.84 Å². The summed E-state index contributed by atoms with van der Waals surface area (Å²) in [5.74, 6) is 0.667. The minimum atomic E-state index is -0.216. The third kappa shape index (κ3) is 2.05. The van der Waals surface area contributed by atoms with E-state index < -0.39 is 0 Å². The third-order valence-electron chi connectivity index (χ3n) is 3.59. The first kappa shape index (κ1) is 10.7. The predicted octanol–water partition coefficient (Wildman–Crippen LogP) is 1.42. The van der Waals surface area contributed by atoms with Gasteiger partial charge in [0.25, 0.3) is 0 Å². The van der Waals surface area contributed by atoms with Crippen molar-refractivity contribution in [2.75, 3.05) is 0 Å². The summed E-state index contributed by atoms with van der Waals surface area (Å²) in [7, 11) is 0. The molecule has 1 aliphatic heterocycles. The predicted molar refractivity (Wildman–Crippen MR) is 65.5 cm³/mol. The molecule has 0 radical (unpaired) electrons. The number of halogens is 1. The van der Waals surface area contributed by atoms with Gasteiger partial charge in [-0.2, -0.15) is 0 Å². The Morgan fingerprint density at radius 3 is 2.76 bits per heavy atom. The van der Waals surface area contributed by atoms with Crippen molar-refractivity contribution in [1.82, 2.24) is 5.32 Å². The van der Waals surface area contributed by atoms with Crippen molar-refractivity contribution in [1.29, 1.82) is 0 Å². The molecule has 0 amide bonds. The normalized spacial score (nSPS) is 31.6. The van der Waals surface area contributed by atoms with Crippen molar-refractivity contribution in [3.8, 4) is 0 Å². The van der Waals surface area contributed by atoms with E-state index in [0.29, 0.717) is 12.1 Å². The Morgan fingerprint density at radius 2 is 2.00 bits per heavy atom. The minimum absolute atomic E-state index is 0.216. The summed E-state index contributed by atoms with van der Waals surface area (Å²) in [5.41, 5.74) is 6.91. The van der Waals surface area contributed by atoms with Crippen LogP contribution in [0.3, 0.4) is 0 Å². The van der Waals surface area contributed by atoms with Gasteiger partial charge in [-0.25, -0.2) is 4.39 Å². The maximum Gasteiger partial charge on any atom is 0.128 e. The number of hydrogen-bond donors (Lipinski definition) is 2. The molecule has 3 N–H and O–H groups in total. The Kier molecular flexibility index (Phi) is 2.59. The number of hydrogen-bond acceptors (Lipinski definition) is 3. The molecule has 0 spiro atoms. The number of aliphatic imine (C=N–C) groups is 1. The maximum absolute atomic E-state index is 12.8. The fourth-order valence-electron chi connectivity index (χ4n) is 2.64. The van der Waals surface area contributed by atoms with Crippen molar-refractivity contribution in [3.05, 3.63) is 35.6 Å². The van der Waals surface area contributed by atoms with Crippen LogP contribution in [-0.2, 0) is 0 Å². The summed E-state index contributed by atoms with van der Waals surface area (Å²) >= 11 is 0. The molecule has 3 rings (SSSR count). The molecular weight excluding hydrogens is 217 g/mol. The van der Waals surface area contributed by atoms with Gasteiger partial charge in [-0.05, 0) is 43.5 Å². The van der Waals surface area contributed by atoms with Gasteiger partial charge in [-0.3, -0.25) is 4.99 Å². The van der Waals surface area contributed by atoms with E-state index in [2.05, 4.69) is 10.3 Å². The van der Waals surface area contributed by atoms with Crippen LogP contribution in [0.2, 0.25) is 0 Å². The fraction of sp³-hybridized carbons (Fsp3) is 0.462. The first-order chi connectivity index (χ1) is 8.22. The Bertz CT molecular complexity index is 440. The van der Waals surface area contributed by atoms with E-state index in [1.807, 2.05) is 0 Å². The quantitative estimate of drug-likeness (QED) is 0.771. The molecule has 2 aliphatic rings. The third-order valence-corrected chi connectivity index (χ3v) is 3.59. The molecule has 17 heavy (non-hydrogen) atoms. The SMILES string of the molecule is NC1CCC2N=C(c3ccc(F)cc3)NC2C1. The molecule has 4 heteroatoms. The van der Waals surface area contributed by atoms with Gasteiger partial charge < -0.3 is 11.1 Å². The zero-order chi connectivity index (χ0) is 11.8. The highest BCUT2D eigenvalue weighted by molar-refractivity contribution is 6.00. The van der Waals surface area contributed by atoms with E-state index in [9.17, 15) is 4.39 Å². The molecule has 0 aromatic heterocycles. The summed E-state index contributed by atoms with van der Waals surface area (Å²) in [5, 5.41) is 3.41. The van der Waals surface area contributed by atoms with Crippen LogP contribution in [0.1, 0.15) is 24.8 Å². The van der Waals surface area contributed by atoms with Gasteiger partial charge >= 0.3 is 0 Å². The number of benzene rings is 1. The Morgan fingerprint density at radius 1 is 1.24 bits per heavy atom. The molecule has 1 saturated carbocycles. The van der Waals surface area contributed by atoms with Crippen molar-refractivity contribution in [2.45, 2.75) is 37.4 Å². The first-order valence-corrected chi connectivity index (χ1v) is 6.08. The Labute approximate surface area is 99.9 Å². The average Bonchev–Trinajstić information content (AvgIpc) is 2.72. The van der Waals surface area contributed by atoms with Gasteiger partial charge in [0.2, 0.25) is 0 Å². The summed E-state index contributed by atoms with van der Waals surface area (Å²) < 4.78 is 12.8. The fourth-order valence-corrected chi connectivity index (χ4v) is 2.64. The van der Waals surface area contributed by atoms with Gasteiger partial charge in [0.15, 0.2) is 0 Å². The number of nitrogens with zero attached hydrogens (tertiary/aromatic N) is 1. The molecule has 3 nitrogen and oxygen atoms in total. The number of amidine groups is 1. The standard InChI is InChI=1S/C13H16FN3/c14-9-3-1-8(2-4-9)13-16-11-6-5-10(15)7-12(11)17-13/h1-4,10-12H,5-7,15H2,(H,16,17). The number of rotatable bonds is 1. The second-order valence-electron chi connectivity index (χ2n) is 4.88. The highest BCUT2D eigenvalue weighted by Gasteiger charge is 2.33. The number of fused-ring (bicyclic) bond motifs is 1. The lowest BCUT2D eigenvalue weighted by Crippen LogP contribution is -2.44. The molecule has 3 unspecified atom stereocenters. The zero-order valence-electron chi connectivity index (χ0n) is 9.57. The van der Waals surface area contributed by atoms with Crippen LogP contribution in [0.25, 0.3) is 0 Å². The summed E-state index contributed by atoms with van der Waals surface area (Å²) in [6.45, 7) is 0.